The predicted octanol–water partition coefficient (Wildman–Crippen LogP) is 3.78. The summed E-state index contributed by atoms with van der Waals surface area (Å²) in [4.78, 5) is 21.4. The van der Waals surface area contributed by atoms with Crippen molar-refractivity contribution >= 4 is 17.2 Å². The summed E-state index contributed by atoms with van der Waals surface area (Å²) in [5.41, 5.74) is -0.443. The zero-order chi connectivity index (χ0) is 27.1. The quantitative estimate of drug-likeness (QED) is 0.545. The van der Waals surface area contributed by atoms with Crippen molar-refractivity contribution in [2.45, 2.75) is 38.5 Å². The lowest BCUT2D eigenvalue weighted by Gasteiger charge is -2.26. The van der Waals surface area contributed by atoms with Crippen LogP contribution in [-0.4, -0.2) is 41.4 Å². The third kappa shape index (κ3) is 5.66. The molecule has 2 aromatic rings. The fraction of sp³-hybridized carbons (Fsp3) is 0.393. The Hall–Kier alpha value is -3.50. The first-order chi connectivity index (χ1) is 18.0. The van der Waals surface area contributed by atoms with Crippen molar-refractivity contribution in [3.63, 3.8) is 0 Å². The fourth-order valence-electron chi connectivity index (χ4n) is 4.46. The van der Waals surface area contributed by atoms with Crippen LogP contribution in [0.25, 0.3) is 5.57 Å². The van der Waals surface area contributed by atoms with Gasteiger partial charge in [-0.2, -0.15) is 13.2 Å². The van der Waals surface area contributed by atoms with E-state index in [2.05, 4.69) is 10.3 Å². The molecule has 1 amide bonds. The summed E-state index contributed by atoms with van der Waals surface area (Å²) in [6.45, 7) is 5.06. The highest BCUT2D eigenvalue weighted by Gasteiger charge is 2.33. The fourth-order valence-corrected chi connectivity index (χ4v) is 4.46. The van der Waals surface area contributed by atoms with Crippen molar-refractivity contribution in [1.82, 2.24) is 4.98 Å². The minimum Gasteiger partial charge on any atom is -0.491 e. The number of alkyl halides is 3. The largest absolute Gasteiger partial charge is 0.491 e. The summed E-state index contributed by atoms with van der Waals surface area (Å²) in [7, 11) is 0. The van der Waals surface area contributed by atoms with Gasteiger partial charge in [0.1, 0.15) is 17.1 Å². The van der Waals surface area contributed by atoms with Crippen LogP contribution >= 0.6 is 0 Å². The molecular formula is C28H28F3N3O4. The molecule has 2 aliphatic heterocycles. The van der Waals surface area contributed by atoms with E-state index in [9.17, 15) is 23.1 Å². The van der Waals surface area contributed by atoms with Gasteiger partial charge in [-0.25, -0.2) is 9.98 Å². The van der Waals surface area contributed by atoms with Gasteiger partial charge in [0.25, 0.3) is 5.91 Å². The zero-order valence-corrected chi connectivity index (χ0v) is 21.0. The van der Waals surface area contributed by atoms with E-state index in [1.54, 1.807) is 26.0 Å². The first-order valence-corrected chi connectivity index (χ1v) is 12.4. The Labute approximate surface area is 217 Å². The Balaban J connectivity index is 1.51. The van der Waals surface area contributed by atoms with E-state index in [0.29, 0.717) is 48.3 Å². The van der Waals surface area contributed by atoms with Gasteiger partial charge in [0.2, 0.25) is 0 Å². The molecule has 0 spiro atoms. The molecule has 1 fully saturated rings. The topological polar surface area (TPSA) is 93.0 Å². The van der Waals surface area contributed by atoms with Crippen LogP contribution < -0.4 is 20.6 Å². The summed E-state index contributed by atoms with van der Waals surface area (Å²) in [6.07, 6.45) is 2.66. The van der Waals surface area contributed by atoms with Crippen LogP contribution in [0.2, 0.25) is 0 Å². The van der Waals surface area contributed by atoms with Crippen molar-refractivity contribution < 1.29 is 32.5 Å². The van der Waals surface area contributed by atoms with Crippen molar-refractivity contribution in [3.05, 3.63) is 76.2 Å². The van der Waals surface area contributed by atoms with Crippen LogP contribution in [0.5, 0.6) is 5.75 Å². The van der Waals surface area contributed by atoms with E-state index in [1.165, 1.54) is 6.07 Å². The molecule has 1 atom stereocenters. The summed E-state index contributed by atoms with van der Waals surface area (Å²) in [5, 5.41) is 14.1. The number of ether oxygens (including phenoxy) is 2. The monoisotopic (exact) mass is 527 g/mol. The maximum absolute atomic E-state index is 13.2. The first kappa shape index (κ1) is 26.1. The highest BCUT2D eigenvalue weighted by molar-refractivity contribution is 6.04. The Bertz CT molecular complexity index is 1440. The average molecular weight is 528 g/mol. The van der Waals surface area contributed by atoms with Crippen molar-refractivity contribution in [3.8, 4) is 5.75 Å². The number of anilines is 1. The van der Waals surface area contributed by atoms with E-state index < -0.39 is 23.4 Å². The third-order valence-electron chi connectivity index (χ3n) is 6.60. The summed E-state index contributed by atoms with van der Waals surface area (Å²) in [5.74, 6) is -0.101. The molecule has 10 heteroatoms. The second kappa shape index (κ2) is 9.99. The number of nitrogens with zero attached hydrogens (tertiary/aromatic N) is 2. The third-order valence-corrected chi connectivity index (χ3v) is 6.60. The second-order valence-corrected chi connectivity index (χ2v) is 10.4. The number of halogens is 3. The standard InChI is InChI=1S/C28H28F3N3O4/c1-27(2,36)11-10-16-6-7-18-21(12-16)32-19-8-9-22(38-15-17-13-37-14-17)25(24(18)19)34-26(35)20-4-3-5-23(33-20)28(29,30)31/h3-9,12,16-17,36H,10-11,13-15H2,1-2H3,(H,34,35). The molecule has 7 nitrogen and oxygen atoms in total. The Morgan fingerprint density at radius 3 is 2.68 bits per heavy atom. The lowest BCUT2D eigenvalue weighted by Crippen LogP contribution is -2.34. The van der Waals surface area contributed by atoms with Gasteiger partial charge < -0.3 is 19.9 Å². The number of benzene rings is 1. The van der Waals surface area contributed by atoms with Gasteiger partial charge in [0.05, 0.1) is 42.2 Å². The molecule has 3 aliphatic rings. The van der Waals surface area contributed by atoms with Crippen LogP contribution in [0.4, 0.5) is 18.9 Å². The van der Waals surface area contributed by atoms with Crippen LogP contribution in [-0.2, 0) is 10.9 Å². The van der Waals surface area contributed by atoms with Gasteiger partial charge in [-0.15, -0.1) is 0 Å². The number of rotatable bonds is 8. The number of aliphatic hydroxyl groups is 1. The first-order valence-electron chi connectivity index (χ1n) is 12.4. The normalized spacial score (nSPS) is 18.7. The van der Waals surface area contributed by atoms with E-state index in [0.717, 1.165) is 29.8 Å². The number of carbonyl (C=O) groups excluding carboxylic acids is 1. The van der Waals surface area contributed by atoms with Gasteiger partial charge in [-0.05, 0) is 56.9 Å². The molecule has 3 heterocycles. The molecule has 5 rings (SSSR count). The molecular weight excluding hydrogens is 499 g/mol. The van der Waals surface area contributed by atoms with Crippen LogP contribution in [0.15, 0.2) is 59.2 Å². The summed E-state index contributed by atoms with van der Waals surface area (Å²) >= 11 is 0. The predicted molar refractivity (Wildman–Crippen MR) is 134 cm³/mol. The van der Waals surface area contributed by atoms with Gasteiger partial charge in [-0.1, -0.05) is 24.3 Å². The molecule has 200 valence electrons. The van der Waals surface area contributed by atoms with E-state index in [1.807, 2.05) is 18.2 Å². The van der Waals surface area contributed by atoms with Gasteiger partial charge in [0.15, 0.2) is 0 Å². The van der Waals surface area contributed by atoms with Crippen molar-refractivity contribution in [2.75, 3.05) is 25.1 Å². The van der Waals surface area contributed by atoms with Crippen LogP contribution in [0, 0.1) is 11.8 Å². The maximum Gasteiger partial charge on any atom is 0.433 e. The van der Waals surface area contributed by atoms with E-state index in [-0.39, 0.29) is 17.5 Å². The number of hydrogen-bond donors (Lipinski definition) is 2. The molecule has 1 aromatic carbocycles. The molecule has 1 saturated heterocycles. The maximum atomic E-state index is 13.2. The van der Waals surface area contributed by atoms with Crippen molar-refractivity contribution in [1.29, 1.82) is 0 Å². The average Bonchev–Trinajstić information content (AvgIpc) is 3.20. The highest BCUT2D eigenvalue weighted by atomic mass is 19.4. The number of fused-ring (bicyclic) bond motifs is 2. The summed E-state index contributed by atoms with van der Waals surface area (Å²) < 4.78 is 50.8. The molecule has 38 heavy (non-hydrogen) atoms. The number of aromatic nitrogens is 1. The van der Waals surface area contributed by atoms with Crippen LogP contribution in [0.3, 0.4) is 0 Å². The highest BCUT2D eigenvalue weighted by Crippen LogP contribution is 2.32. The molecule has 0 bridgehead atoms. The van der Waals surface area contributed by atoms with Gasteiger partial charge in [0, 0.05) is 16.7 Å². The van der Waals surface area contributed by atoms with Crippen molar-refractivity contribution in [2.24, 2.45) is 16.8 Å². The number of carbonyl (C=O) groups is 1. The molecule has 1 aromatic heterocycles. The molecule has 1 aliphatic carbocycles. The molecule has 2 N–H and O–H groups in total. The number of nitrogens with one attached hydrogen (secondary N) is 1. The zero-order valence-electron chi connectivity index (χ0n) is 21.0. The van der Waals surface area contributed by atoms with E-state index in [4.69, 9.17) is 14.5 Å². The lowest BCUT2D eigenvalue weighted by molar-refractivity contribution is -0.141. The molecule has 0 radical (unpaired) electrons. The number of pyridine rings is 1. The van der Waals surface area contributed by atoms with Crippen LogP contribution in [0.1, 0.15) is 42.9 Å². The Kier molecular flexibility index (Phi) is 6.87. The SMILES string of the molecule is CC(C)(O)CCC1C=CC2=c3c(NC(=O)c4cccc(C(F)(F)F)n4)c(OCC4COC4)ccc3=NC2=C1. The second-order valence-electron chi connectivity index (χ2n) is 10.4. The molecule has 0 saturated carbocycles. The van der Waals surface area contributed by atoms with E-state index >= 15 is 0 Å². The minimum absolute atomic E-state index is 0.0833. The van der Waals surface area contributed by atoms with Gasteiger partial charge in [-0.3, -0.25) is 4.79 Å². The Morgan fingerprint density at radius 1 is 1.21 bits per heavy atom. The number of allylic oxidation sites excluding steroid dienone is 3. The molecule has 1 unspecified atom stereocenters. The summed E-state index contributed by atoms with van der Waals surface area (Å²) in [6, 6.07) is 6.70. The lowest BCUT2D eigenvalue weighted by atomic mass is 9.90. The number of amides is 1. The van der Waals surface area contributed by atoms with Gasteiger partial charge >= 0.3 is 6.18 Å². The Morgan fingerprint density at radius 2 is 2.00 bits per heavy atom. The number of hydrogen-bond acceptors (Lipinski definition) is 6. The minimum atomic E-state index is -4.67. The smallest absolute Gasteiger partial charge is 0.433 e.